The Morgan fingerprint density at radius 3 is 2.16 bits per heavy atom. The fraction of sp³-hybridized carbons (Fsp3) is 0.667. The molecule has 0 heterocycles. The molecular weight excluding hydrogens is 230 g/mol. The van der Waals surface area contributed by atoms with Gasteiger partial charge in [0.25, 0.3) is 0 Å². The standard InChI is InChI=1S/C18H29N/c1-12-9-14(3)17(10-13(12)2)16-8-7-15(16)11-19-18(4,5)6/h9-10,15-16,19H,7-8,11H2,1-6H3. The number of aryl methyl sites for hydroxylation is 3. The normalized spacial score (nSPS) is 23.3. The van der Waals surface area contributed by atoms with Gasteiger partial charge in [0, 0.05) is 5.54 Å². The van der Waals surface area contributed by atoms with Gasteiger partial charge in [-0.2, -0.15) is 0 Å². The maximum atomic E-state index is 3.67. The predicted octanol–water partition coefficient (Wildman–Crippen LogP) is 4.49. The molecule has 19 heavy (non-hydrogen) atoms. The second-order valence-corrected chi connectivity index (χ2v) is 7.37. The van der Waals surface area contributed by atoms with Gasteiger partial charge in [-0.25, -0.2) is 0 Å². The van der Waals surface area contributed by atoms with Gasteiger partial charge in [0.1, 0.15) is 0 Å². The maximum Gasteiger partial charge on any atom is 0.00966 e. The molecule has 1 aromatic rings. The fourth-order valence-corrected chi connectivity index (χ4v) is 3.04. The summed E-state index contributed by atoms with van der Waals surface area (Å²) >= 11 is 0. The van der Waals surface area contributed by atoms with E-state index in [0.29, 0.717) is 0 Å². The molecule has 1 saturated carbocycles. The second kappa shape index (κ2) is 5.28. The molecule has 0 radical (unpaired) electrons. The SMILES string of the molecule is Cc1cc(C)c(C2CCC2CNC(C)(C)C)cc1C. The highest BCUT2D eigenvalue weighted by atomic mass is 14.9. The first-order valence-corrected chi connectivity index (χ1v) is 7.61. The quantitative estimate of drug-likeness (QED) is 0.843. The molecule has 2 rings (SSSR count). The third-order valence-corrected chi connectivity index (χ3v) is 4.59. The van der Waals surface area contributed by atoms with Gasteiger partial charge in [-0.15, -0.1) is 0 Å². The number of nitrogens with one attached hydrogen (secondary N) is 1. The van der Waals surface area contributed by atoms with E-state index in [0.717, 1.165) is 18.4 Å². The molecule has 2 unspecified atom stereocenters. The summed E-state index contributed by atoms with van der Waals surface area (Å²) in [6.07, 6.45) is 2.74. The van der Waals surface area contributed by atoms with E-state index in [1.165, 1.54) is 29.5 Å². The highest BCUT2D eigenvalue weighted by Crippen LogP contribution is 2.44. The Morgan fingerprint density at radius 1 is 1.00 bits per heavy atom. The molecule has 0 spiro atoms. The molecule has 1 N–H and O–H groups in total. The first-order chi connectivity index (χ1) is 8.78. The molecule has 1 fully saturated rings. The van der Waals surface area contributed by atoms with Gasteiger partial charge >= 0.3 is 0 Å². The van der Waals surface area contributed by atoms with Crippen LogP contribution in [-0.2, 0) is 0 Å². The van der Waals surface area contributed by atoms with Crippen molar-refractivity contribution >= 4 is 0 Å². The third kappa shape index (κ3) is 3.39. The molecule has 2 atom stereocenters. The van der Waals surface area contributed by atoms with Crippen LogP contribution in [0.25, 0.3) is 0 Å². The summed E-state index contributed by atoms with van der Waals surface area (Å²) in [6, 6.07) is 4.79. The first kappa shape index (κ1) is 14.6. The van der Waals surface area contributed by atoms with Crippen molar-refractivity contribution in [2.75, 3.05) is 6.54 Å². The Labute approximate surface area is 118 Å². The van der Waals surface area contributed by atoms with E-state index in [2.05, 4.69) is 59.0 Å². The molecule has 1 aliphatic carbocycles. The van der Waals surface area contributed by atoms with Gasteiger partial charge in [0.05, 0.1) is 0 Å². The molecule has 0 bridgehead atoms. The molecular formula is C18H29N. The largest absolute Gasteiger partial charge is 0.312 e. The summed E-state index contributed by atoms with van der Waals surface area (Å²) in [5.74, 6) is 1.59. The molecule has 1 heteroatoms. The van der Waals surface area contributed by atoms with Crippen molar-refractivity contribution in [1.82, 2.24) is 5.32 Å². The highest BCUT2D eigenvalue weighted by Gasteiger charge is 2.33. The lowest BCUT2D eigenvalue weighted by Crippen LogP contribution is -2.43. The second-order valence-electron chi connectivity index (χ2n) is 7.37. The molecule has 0 saturated heterocycles. The monoisotopic (exact) mass is 259 g/mol. The van der Waals surface area contributed by atoms with Crippen LogP contribution >= 0.6 is 0 Å². The zero-order valence-electron chi connectivity index (χ0n) is 13.4. The number of hydrogen-bond donors (Lipinski definition) is 1. The topological polar surface area (TPSA) is 12.0 Å². The summed E-state index contributed by atoms with van der Waals surface area (Å²) < 4.78 is 0. The van der Waals surface area contributed by atoms with Crippen LogP contribution in [0.1, 0.15) is 61.8 Å². The van der Waals surface area contributed by atoms with Gasteiger partial charge in [0.15, 0.2) is 0 Å². The van der Waals surface area contributed by atoms with Crippen molar-refractivity contribution in [3.63, 3.8) is 0 Å². The lowest BCUT2D eigenvalue weighted by atomic mass is 9.68. The Kier molecular flexibility index (Phi) is 4.06. The molecule has 1 nitrogen and oxygen atoms in total. The lowest BCUT2D eigenvalue weighted by molar-refractivity contribution is 0.225. The summed E-state index contributed by atoms with van der Waals surface area (Å²) in [6.45, 7) is 14.6. The van der Waals surface area contributed by atoms with Crippen LogP contribution in [0.3, 0.4) is 0 Å². The Hall–Kier alpha value is -0.820. The molecule has 0 amide bonds. The Bertz CT molecular complexity index is 453. The molecule has 0 aliphatic heterocycles. The molecule has 1 aliphatic rings. The van der Waals surface area contributed by atoms with Crippen LogP contribution in [0.15, 0.2) is 12.1 Å². The zero-order valence-corrected chi connectivity index (χ0v) is 13.4. The Balaban J connectivity index is 2.08. The van der Waals surface area contributed by atoms with Crippen LogP contribution in [-0.4, -0.2) is 12.1 Å². The van der Waals surface area contributed by atoms with Crippen LogP contribution in [0.5, 0.6) is 0 Å². The van der Waals surface area contributed by atoms with E-state index in [-0.39, 0.29) is 5.54 Å². The maximum absolute atomic E-state index is 3.67. The fourth-order valence-electron chi connectivity index (χ4n) is 3.04. The summed E-state index contributed by atoms with van der Waals surface area (Å²) in [7, 11) is 0. The van der Waals surface area contributed by atoms with Crippen LogP contribution in [0, 0.1) is 26.7 Å². The van der Waals surface area contributed by atoms with Crippen molar-refractivity contribution in [2.24, 2.45) is 5.92 Å². The summed E-state index contributed by atoms with van der Waals surface area (Å²) in [5.41, 5.74) is 6.17. The van der Waals surface area contributed by atoms with Gasteiger partial charge in [-0.3, -0.25) is 0 Å². The summed E-state index contributed by atoms with van der Waals surface area (Å²) in [5, 5.41) is 3.67. The minimum atomic E-state index is 0.235. The van der Waals surface area contributed by atoms with E-state index in [9.17, 15) is 0 Å². The average molecular weight is 259 g/mol. The van der Waals surface area contributed by atoms with E-state index < -0.39 is 0 Å². The first-order valence-electron chi connectivity index (χ1n) is 7.61. The van der Waals surface area contributed by atoms with E-state index >= 15 is 0 Å². The van der Waals surface area contributed by atoms with Gasteiger partial charge in [0.2, 0.25) is 0 Å². The van der Waals surface area contributed by atoms with E-state index in [1.807, 2.05) is 0 Å². The van der Waals surface area contributed by atoms with Crippen LogP contribution in [0.2, 0.25) is 0 Å². The number of hydrogen-bond acceptors (Lipinski definition) is 1. The van der Waals surface area contributed by atoms with Crippen LogP contribution in [0.4, 0.5) is 0 Å². The van der Waals surface area contributed by atoms with Gasteiger partial charge in [-0.05, 0) is 95.0 Å². The number of rotatable bonds is 3. The minimum Gasteiger partial charge on any atom is -0.312 e. The minimum absolute atomic E-state index is 0.235. The number of benzene rings is 1. The molecule has 1 aromatic carbocycles. The van der Waals surface area contributed by atoms with E-state index in [4.69, 9.17) is 0 Å². The smallest absolute Gasteiger partial charge is 0.00966 e. The third-order valence-electron chi connectivity index (χ3n) is 4.59. The highest BCUT2D eigenvalue weighted by molar-refractivity contribution is 5.39. The Morgan fingerprint density at radius 2 is 1.63 bits per heavy atom. The average Bonchev–Trinajstić information content (AvgIpc) is 2.22. The van der Waals surface area contributed by atoms with Crippen molar-refractivity contribution in [1.29, 1.82) is 0 Å². The van der Waals surface area contributed by atoms with E-state index in [1.54, 1.807) is 5.56 Å². The van der Waals surface area contributed by atoms with Crippen molar-refractivity contribution < 1.29 is 0 Å². The van der Waals surface area contributed by atoms with Crippen molar-refractivity contribution in [3.05, 3.63) is 34.4 Å². The van der Waals surface area contributed by atoms with Crippen LogP contribution < -0.4 is 5.32 Å². The summed E-state index contributed by atoms with van der Waals surface area (Å²) in [4.78, 5) is 0. The predicted molar refractivity (Wildman–Crippen MR) is 83.9 cm³/mol. The van der Waals surface area contributed by atoms with Gasteiger partial charge < -0.3 is 5.32 Å². The van der Waals surface area contributed by atoms with Gasteiger partial charge in [-0.1, -0.05) is 12.1 Å². The van der Waals surface area contributed by atoms with Crippen molar-refractivity contribution in [2.45, 2.75) is 65.8 Å². The zero-order chi connectivity index (χ0) is 14.2. The molecule has 106 valence electrons. The lowest BCUT2D eigenvalue weighted by Gasteiger charge is -2.40. The molecule has 0 aromatic heterocycles. The van der Waals surface area contributed by atoms with Crippen molar-refractivity contribution in [3.8, 4) is 0 Å².